The third-order valence-corrected chi connectivity index (χ3v) is 6.62. The molecule has 0 radical (unpaired) electrons. The van der Waals surface area contributed by atoms with E-state index in [0.29, 0.717) is 0 Å². The van der Waals surface area contributed by atoms with Crippen molar-refractivity contribution in [1.82, 2.24) is 0 Å². The van der Waals surface area contributed by atoms with E-state index < -0.39 is 0 Å². The van der Waals surface area contributed by atoms with Crippen molar-refractivity contribution < 1.29 is 9.69 Å². The highest BCUT2D eigenvalue weighted by molar-refractivity contribution is 5.97. The standard InChI is InChI=1S/C24H31N3O/c1-20-10-12-21(13-11-20)25-23(28)24(14-6-3-7-15-24)27-18-16-26(17-19-27)22-8-4-2-5-9-22/h2,4-5,8-13H,3,6-7,14-19H2,1H3,(H,25,28)/p+1. The zero-order valence-corrected chi connectivity index (χ0v) is 16.9. The Labute approximate surface area is 168 Å². The van der Waals surface area contributed by atoms with Crippen LogP contribution in [0.15, 0.2) is 54.6 Å². The minimum Gasteiger partial charge on any atom is -0.360 e. The number of hydrogen-bond donors (Lipinski definition) is 2. The van der Waals surface area contributed by atoms with Gasteiger partial charge in [0.1, 0.15) is 0 Å². The summed E-state index contributed by atoms with van der Waals surface area (Å²) in [4.78, 5) is 17.4. The summed E-state index contributed by atoms with van der Waals surface area (Å²) in [6, 6.07) is 18.8. The van der Waals surface area contributed by atoms with Crippen LogP contribution in [0, 0.1) is 6.92 Å². The van der Waals surface area contributed by atoms with Crippen LogP contribution in [0.3, 0.4) is 0 Å². The molecule has 28 heavy (non-hydrogen) atoms. The van der Waals surface area contributed by atoms with Crippen LogP contribution in [0.25, 0.3) is 0 Å². The van der Waals surface area contributed by atoms with E-state index in [9.17, 15) is 4.79 Å². The molecule has 2 aromatic rings. The monoisotopic (exact) mass is 378 g/mol. The largest absolute Gasteiger partial charge is 0.360 e. The Hall–Kier alpha value is -2.33. The summed E-state index contributed by atoms with van der Waals surface area (Å²) in [6.07, 6.45) is 5.58. The number of hydrogen-bond acceptors (Lipinski definition) is 2. The molecule has 2 fully saturated rings. The zero-order chi connectivity index (χ0) is 19.4. The average Bonchev–Trinajstić information content (AvgIpc) is 2.76. The number of carbonyl (C=O) groups is 1. The van der Waals surface area contributed by atoms with Gasteiger partial charge in [-0.05, 0) is 44.0 Å². The van der Waals surface area contributed by atoms with Gasteiger partial charge in [-0.25, -0.2) is 0 Å². The Morgan fingerprint density at radius 1 is 0.929 bits per heavy atom. The Balaban J connectivity index is 1.48. The molecule has 1 amide bonds. The van der Waals surface area contributed by atoms with Crippen molar-refractivity contribution in [3.8, 4) is 0 Å². The summed E-state index contributed by atoms with van der Waals surface area (Å²) in [5.74, 6) is 0.221. The van der Waals surface area contributed by atoms with Crippen LogP contribution >= 0.6 is 0 Å². The quantitative estimate of drug-likeness (QED) is 0.858. The smallest absolute Gasteiger partial charge is 0.285 e. The maximum Gasteiger partial charge on any atom is 0.285 e. The van der Waals surface area contributed by atoms with E-state index in [2.05, 4.69) is 59.6 Å². The van der Waals surface area contributed by atoms with Crippen LogP contribution in [0.5, 0.6) is 0 Å². The minimum absolute atomic E-state index is 0.221. The van der Waals surface area contributed by atoms with Crippen molar-refractivity contribution in [3.63, 3.8) is 0 Å². The predicted octanol–water partition coefficient (Wildman–Crippen LogP) is 3.04. The van der Waals surface area contributed by atoms with Crippen molar-refractivity contribution in [1.29, 1.82) is 0 Å². The second-order valence-electron chi connectivity index (χ2n) is 8.39. The summed E-state index contributed by atoms with van der Waals surface area (Å²) in [7, 11) is 0. The number of nitrogens with one attached hydrogen (secondary N) is 2. The first-order valence-electron chi connectivity index (χ1n) is 10.7. The molecule has 2 N–H and O–H groups in total. The lowest BCUT2D eigenvalue weighted by Gasteiger charge is -2.45. The van der Waals surface area contributed by atoms with Crippen molar-refractivity contribution >= 4 is 17.3 Å². The molecule has 2 aliphatic rings. The van der Waals surface area contributed by atoms with Gasteiger partial charge < -0.3 is 15.1 Å². The second kappa shape index (κ2) is 8.36. The van der Waals surface area contributed by atoms with Gasteiger partial charge in [0.15, 0.2) is 5.54 Å². The molecule has 4 heteroatoms. The highest BCUT2D eigenvalue weighted by Crippen LogP contribution is 2.28. The lowest BCUT2D eigenvalue weighted by molar-refractivity contribution is -0.944. The van der Waals surface area contributed by atoms with Crippen molar-refractivity contribution in [3.05, 3.63) is 60.2 Å². The SMILES string of the molecule is Cc1ccc(NC(=O)C2([NH+]3CCN(c4ccccc4)CC3)CCCCC2)cc1. The first-order chi connectivity index (χ1) is 13.7. The molecule has 0 aromatic heterocycles. The normalized spacial score (nSPS) is 20.0. The number of nitrogens with zero attached hydrogens (tertiary/aromatic N) is 1. The van der Waals surface area contributed by atoms with Crippen LogP contribution in [-0.4, -0.2) is 37.6 Å². The first-order valence-corrected chi connectivity index (χ1v) is 10.7. The maximum absolute atomic E-state index is 13.5. The van der Waals surface area contributed by atoms with Gasteiger partial charge in [0.2, 0.25) is 0 Å². The molecule has 1 heterocycles. The van der Waals surface area contributed by atoms with Crippen LogP contribution in [0.1, 0.15) is 37.7 Å². The molecule has 1 aliphatic carbocycles. The summed E-state index contributed by atoms with van der Waals surface area (Å²) in [6.45, 7) is 6.15. The number of quaternary nitrogens is 1. The van der Waals surface area contributed by atoms with Crippen LogP contribution in [-0.2, 0) is 4.79 Å². The summed E-state index contributed by atoms with van der Waals surface area (Å²) < 4.78 is 0. The van der Waals surface area contributed by atoms with E-state index >= 15 is 0 Å². The average molecular weight is 379 g/mol. The summed E-state index contributed by atoms with van der Waals surface area (Å²) in [5, 5.41) is 3.25. The number of benzene rings is 2. The molecule has 0 bridgehead atoms. The maximum atomic E-state index is 13.5. The lowest BCUT2D eigenvalue weighted by Crippen LogP contribution is -3.24. The van der Waals surface area contributed by atoms with Crippen LogP contribution in [0.2, 0.25) is 0 Å². The van der Waals surface area contributed by atoms with E-state index in [1.165, 1.54) is 22.6 Å². The Morgan fingerprint density at radius 3 is 2.21 bits per heavy atom. The molecule has 0 atom stereocenters. The number of rotatable bonds is 4. The van der Waals surface area contributed by atoms with Gasteiger partial charge in [0, 0.05) is 24.2 Å². The van der Waals surface area contributed by atoms with Gasteiger partial charge in [-0.15, -0.1) is 0 Å². The molecule has 1 saturated carbocycles. The van der Waals surface area contributed by atoms with E-state index in [1.54, 1.807) is 0 Å². The number of carbonyl (C=O) groups excluding carboxylic acids is 1. The van der Waals surface area contributed by atoms with Crippen molar-refractivity contribution in [2.75, 3.05) is 36.4 Å². The molecule has 2 aromatic carbocycles. The van der Waals surface area contributed by atoms with Gasteiger partial charge in [-0.1, -0.05) is 42.3 Å². The minimum atomic E-state index is -0.272. The molecule has 1 saturated heterocycles. The van der Waals surface area contributed by atoms with Gasteiger partial charge in [-0.2, -0.15) is 0 Å². The highest BCUT2D eigenvalue weighted by atomic mass is 16.2. The number of anilines is 2. The van der Waals surface area contributed by atoms with Gasteiger partial charge in [0.25, 0.3) is 5.91 Å². The fourth-order valence-corrected chi connectivity index (χ4v) is 4.94. The van der Waals surface area contributed by atoms with E-state index in [0.717, 1.165) is 57.5 Å². The van der Waals surface area contributed by atoms with E-state index in [4.69, 9.17) is 0 Å². The van der Waals surface area contributed by atoms with Crippen molar-refractivity contribution in [2.24, 2.45) is 0 Å². The number of piperazine rings is 1. The topological polar surface area (TPSA) is 36.8 Å². The van der Waals surface area contributed by atoms with Crippen molar-refractivity contribution in [2.45, 2.75) is 44.6 Å². The molecule has 0 unspecified atom stereocenters. The first kappa shape index (κ1) is 19.0. The predicted molar refractivity (Wildman–Crippen MR) is 115 cm³/mol. The van der Waals surface area contributed by atoms with E-state index in [-0.39, 0.29) is 11.4 Å². The van der Waals surface area contributed by atoms with Gasteiger partial charge >= 0.3 is 0 Å². The molecule has 4 rings (SSSR count). The zero-order valence-electron chi connectivity index (χ0n) is 16.9. The number of aryl methyl sites for hydroxylation is 1. The molecular formula is C24H32N3O+. The fourth-order valence-electron chi connectivity index (χ4n) is 4.94. The second-order valence-corrected chi connectivity index (χ2v) is 8.39. The molecular weight excluding hydrogens is 346 g/mol. The van der Waals surface area contributed by atoms with Gasteiger partial charge in [0.05, 0.1) is 26.2 Å². The Kier molecular flexibility index (Phi) is 5.67. The molecule has 4 nitrogen and oxygen atoms in total. The molecule has 148 valence electrons. The Bertz CT molecular complexity index is 773. The summed E-state index contributed by atoms with van der Waals surface area (Å²) >= 11 is 0. The van der Waals surface area contributed by atoms with Crippen LogP contribution in [0.4, 0.5) is 11.4 Å². The third kappa shape index (κ3) is 3.93. The summed E-state index contributed by atoms with van der Waals surface area (Å²) in [5.41, 5.74) is 3.16. The number of amides is 1. The van der Waals surface area contributed by atoms with Crippen LogP contribution < -0.4 is 15.1 Å². The highest BCUT2D eigenvalue weighted by Gasteiger charge is 2.49. The third-order valence-electron chi connectivity index (χ3n) is 6.62. The molecule has 1 aliphatic heterocycles. The lowest BCUT2D eigenvalue weighted by atomic mass is 9.79. The Morgan fingerprint density at radius 2 is 1.57 bits per heavy atom. The van der Waals surface area contributed by atoms with Gasteiger partial charge in [-0.3, -0.25) is 4.79 Å². The molecule has 0 spiro atoms. The van der Waals surface area contributed by atoms with E-state index in [1.807, 2.05) is 12.1 Å². The number of para-hydroxylation sites is 1. The fraction of sp³-hybridized carbons (Fsp3) is 0.458.